The Hall–Kier alpha value is -1.37. The van der Waals surface area contributed by atoms with Gasteiger partial charge in [-0.1, -0.05) is 18.2 Å². The van der Waals surface area contributed by atoms with Gasteiger partial charge in [-0.15, -0.1) is 11.3 Å². The van der Waals surface area contributed by atoms with Crippen LogP contribution in [-0.2, 0) is 16.6 Å². The third-order valence-corrected chi connectivity index (χ3v) is 4.93. The van der Waals surface area contributed by atoms with Crippen molar-refractivity contribution in [1.82, 2.24) is 0 Å². The molecule has 1 heterocycles. The fraction of sp³-hybridized carbons (Fsp3) is 0.0909. The van der Waals surface area contributed by atoms with Crippen LogP contribution in [0.3, 0.4) is 0 Å². The van der Waals surface area contributed by atoms with E-state index in [1.54, 1.807) is 41.8 Å². The summed E-state index contributed by atoms with van der Waals surface area (Å²) in [7, 11) is -3.48. The van der Waals surface area contributed by atoms with Gasteiger partial charge in [-0.25, -0.2) is 8.42 Å². The minimum absolute atomic E-state index is 0.0576. The van der Waals surface area contributed by atoms with E-state index in [0.717, 1.165) is 5.56 Å². The number of aliphatic hydroxyl groups excluding tert-OH is 1. The number of hydrogen-bond acceptors (Lipinski definition) is 4. The Morgan fingerprint density at radius 2 is 1.88 bits per heavy atom. The van der Waals surface area contributed by atoms with Crippen molar-refractivity contribution >= 4 is 27.0 Å². The SMILES string of the molecule is O=S(=O)(Nc1ccc(CO)cc1)c1cccs1. The first-order valence-electron chi connectivity index (χ1n) is 4.88. The molecule has 0 bridgehead atoms. The van der Waals surface area contributed by atoms with Crippen LogP contribution in [0.1, 0.15) is 5.56 Å². The number of benzene rings is 1. The fourth-order valence-corrected chi connectivity index (χ4v) is 3.35. The molecule has 0 spiro atoms. The van der Waals surface area contributed by atoms with Crippen LogP contribution in [0.15, 0.2) is 46.0 Å². The zero-order valence-corrected chi connectivity index (χ0v) is 10.5. The van der Waals surface area contributed by atoms with Crippen LogP contribution >= 0.6 is 11.3 Å². The average Bonchev–Trinajstić information content (AvgIpc) is 2.84. The number of rotatable bonds is 4. The topological polar surface area (TPSA) is 66.4 Å². The van der Waals surface area contributed by atoms with Crippen LogP contribution in [0.5, 0.6) is 0 Å². The zero-order valence-electron chi connectivity index (χ0n) is 8.83. The second kappa shape index (κ2) is 4.87. The van der Waals surface area contributed by atoms with Gasteiger partial charge in [0.25, 0.3) is 10.0 Å². The highest BCUT2D eigenvalue weighted by Crippen LogP contribution is 2.20. The smallest absolute Gasteiger partial charge is 0.271 e. The van der Waals surface area contributed by atoms with Crippen molar-refractivity contribution < 1.29 is 13.5 Å². The predicted molar refractivity (Wildman–Crippen MR) is 67.5 cm³/mol. The summed E-state index contributed by atoms with van der Waals surface area (Å²) in [6.45, 7) is -0.0576. The molecule has 0 amide bonds. The second-order valence-corrected chi connectivity index (χ2v) is 6.25. The minimum Gasteiger partial charge on any atom is -0.392 e. The Kier molecular flexibility index (Phi) is 3.46. The summed E-state index contributed by atoms with van der Waals surface area (Å²) in [5, 5.41) is 10.6. The lowest BCUT2D eigenvalue weighted by Crippen LogP contribution is -2.11. The van der Waals surface area contributed by atoms with Gasteiger partial charge in [0.2, 0.25) is 0 Å². The highest BCUT2D eigenvalue weighted by atomic mass is 32.2. The summed E-state index contributed by atoms with van der Waals surface area (Å²) < 4.78 is 26.5. The molecular formula is C11H11NO3S2. The van der Waals surface area contributed by atoms with Crippen molar-refractivity contribution in [1.29, 1.82) is 0 Å². The van der Waals surface area contributed by atoms with Gasteiger partial charge in [-0.05, 0) is 29.1 Å². The standard InChI is InChI=1S/C11H11NO3S2/c13-8-9-3-5-10(6-4-9)12-17(14,15)11-2-1-7-16-11/h1-7,12-13H,8H2. The number of aliphatic hydroxyl groups is 1. The molecule has 2 rings (SSSR count). The van der Waals surface area contributed by atoms with E-state index in [9.17, 15) is 8.42 Å². The number of anilines is 1. The van der Waals surface area contributed by atoms with E-state index < -0.39 is 10.0 Å². The minimum atomic E-state index is -3.48. The van der Waals surface area contributed by atoms with Crippen LogP contribution in [0.2, 0.25) is 0 Å². The van der Waals surface area contributed by atoms with Crippen LogP contribution < -0.4 is 4.72 Å². The summed E-state index contributed by atoms with van der Waals surface area (Å²) in [6, 6.07) is 9.83. The lowest BCUT2D eigenvalue weighted by atomic mass is 10.2. The predicted octanol–water partition coefficient (Wildman–Crippen LogP) is 2.04. The van der Waals surface area contributed by atoms with Gasteiger partial charge in [0.05, 0.1) is 6.61 Å². The molecule has 0 atom stereocenters. The highest BCUT2D eigenvalue weighted by Gasteiger charge is 2.14. The molecule has 0 radical (unpaired) electrons. The normalized spacial score (nSPS) is 11.4. The maximum atomic E-state index is 11.9. The molecule has 0 aliphatic rings. The molecule has 1 aromatic carbocycles. The van der Waals surface area contributed by atoms with Gasteiger partial charge in [0, 0.05) is 5.69 Å². The number of hydrogen-bond donors (Lipinski definition) is 2. The first kappa shape index (κ1) is 12.1. The van der Waals surface area contributed by atoms with E-state index in [2.05, 4.69) is 4.72 Å². The van der Waals surface area contributed by atoms with Gasteiger partial charge in [0.1, 0.15) is 4.21 Å². The van der Waals surface area contributed by atoms with E-state index in [-0.39, 0.29) is 10.8 Å². The molecule has 2 aromatic rings. The molecule has 1 aromatic heterocycles. The zero-order chi connectivity index (χ0) is 12.3. The van der Waals surface area contributed by atoms with E-state index in [4.69, 9.17) is 5.11 Å². The summed E-state index contributed by atoms with van der Waals surface area (Å²) in [5.41, 5.74) is 1.22. The van der Waals surface area contributed by atoms with Gasteiger partial charge in [-0.2, -0.15) is 0 Å². The van der Waals surface area contributed by atoms with Crippen molar-refractivity contribution in [3.63, 3.8) is 0 Å². The molecule has 6 heteroatoms. The van der Waals surface area contributed by atoms with Crippen molar-refractivity contribution in [2.24, 2.45) is 0 Å². The van der Waals surface area contributed by atoms with Crippen LogP contribution in [-0.4, -0.2) is 13.5 Å². The first-order chi connectivity index (χ1) is 8.12. The third-order valence-electron chi connectivity index (χ3n) is 2.15. The maximum Gasteiger partial charge on any atom is 0.271 e. The number of sulfonamides is 1. The molecule has 4 nitrogen and oxygen atoms in total. The van der Waals surface area contributed by atoms with E-state index in [0.29, 0.717) is 5.69 Å². The average molecular weight is 269 g/mol. The molecule has 0 saturated heterocycles. The van der Waals surface area contributed by atoms with E-state index in [1.165, 1.54) is 11.3 Å². The largest absolute Gasteiger partial charge is 0.392 e. The Labute approximate surface area is 104 Å². The molecule has 2 N–H and O–H groups in total. The van der Waals surface area contributed by atoms with Crippen molar-refractivity contribution in [3.05, 3.63) is 47.3 Å². The summed E-state index contributed by atoms with van der Waals surface area (Å²) in [6.07, 6.45) is 0. The number of nitrogens with one attached hydrogen (secondary N) is 1. The van der Waals surface area contributed by atoms with Crippen LogP contribution in [0.25, 0.3) is 0 Å². The Balaban J connectivity index is 2.21. The van der Waals surface area contributed by atoms with Gasteiger partial charge >= 0.3 is 0 Å². The quantitative estimate of drug-likeness (QED) is 0.892. The van der Waals surface area contributed by atoms with Crippen LogP contribution in [0.4, 0.5) is 5.69 Å². The van der Waals surface area contributed by atoms with Crippen molar-refractivity contribution in [2.45, 2.75) is 10.8 Å². The van der Waals surface area contributed by atoms with E-state index in [1.807, 2.05) is 0 Å². The first-order valence-corrected chi connectivity index (χ1v) is 7.24. The van der Waals surface area contributed by atoms with Crippen molar-refractivity contribution in [2.75, 3.05) is 4.72 Å². The molecule has 17 heavy (non-hydrogen) atoms. The Morgan fingerprint density at radius 1 is 1.18 bits per heavy atom. The third kappa shape index (κ3) is 2.85. The second-order valence-electron chi connectivity index (χ2n) is 3.39. The lowest BCUT2D eigenvalue weighted by molar-refractivity contribution is 0.282. The fourth-order valence-electron chi connectivity index (χ4n) is 1.30. The summed E-state index contributed by atoms with van der Waals surface area (Å²) >= 11 is 1.17. The summed E-state index contributed by atoms with van der Waals surface area (Å²) in [4.78, 5) is 0. The summed E-state index contributed by atoms with van der Waals surface area (Å²) in [5.74, 6) is 0. The highest BCUT2D eigenvalue weighted by molar-refractivity contribution is 7.94. The number of thiophene rings is 1. The molecular weight excluding hydrogens is 258 g/mol. The maximum absolute atomic E-state index is 11.9. The molecule has 0 aliphatic carbocycles. The Morgan fingerprint density at radius 3 is 2.41 bits per heavy atom. The van der Waals surface area contributed by atoms with Gasteiger partial charge in [-0.3, -0.25) is 4.72 Å². The van der Waals surface area contributed by atoms with Gasteiger partial charge in [0.15, 0.2) is 0 Å². The molecule has 0 unspecified atom stereocenters. The molecule has 0 aliphatic heterocycles. The van der Waals surface area contributed by atoms with Crippen LogP contribution in [0, 0.1) is 0 Å². The Bertz CT molecular complexity index is 574. The molecule has 0 fully saturated rings. The van der Waals surface area contributed by atoms with E-state index >= 15 is 0 Å². The van der Waals surface area contributed by atoms with Gasteiger partial charge < -0.3 is 5.11 Å². The molecule has 0 saturated carbocycles. The lowest BCUT2D eigenvalue weighted by Gasteiger charge is -2.06. The van der Waals surface area contributed by atoms with Crippen molar-refractivity contribution in [3.8, 4) is 0 Å². The molecule has 90 valence electrons. The monoisotopic (exact) mass is 269 g/mol.